The molecule has 3 N–H and O–H groups in total. The van der Waals surface area contributed by atoms with Crippen molar-refractivity contribution in [1.82, 2.24) is 20.6 Å². The number of alkyl carbamates (subject to hydrolysis) is 1. The third-order valence-corrected chi connectivity index (χ3v) is 6.01. The first-order chi connectivity index (χ1) is 15.1. The van der Waals surface area contributed by atoms with Crippen LogP contribution in [-0.4, -0.2) is 45.6 Å². The van der Waals surface area contributed by atoms with Crippen LogP contribution in [0.5, 0.6) is 0 Å². The number of hydrogen-bond acceptors (Lipinski definition) is 7. The molecular formula is C21H26ClN5O4S. The molecule has 3 amide bonds. The number of ether oxygens (including phenoxy) is 1. The van der Waals surface area contributed by atoms with Crippen LogP contribution in [0.3, 0.4) is 0 Å². The molecule has 1 saturated carbocycles. The number of carbonyl (C=O) groups is 3. The van der Waals surface area contributed by atoms with Crippen molar-refractivity contribution < 1.29 is 19.1 Å². The number of carbonyl (C=O) groups excluding carboxylic acids is 3. The second-order valence-corrected chi connectivity index (χ2v) is 9.89. The van der Waals surface area contributed by atoms with Crippen LogP contribution in [0.25, 0.3) is 0 Å². The number of anilines is 1. The Balaban J connectivity index is 1.66. The van der Waals surface area contributed by atoms with E-state index in [2.05, 4.69) is 25.9 Å². The number of hydrogen-bond donors (Lipinski definition) is 3. The van der Waals surface area contributed by atoms with Crippen LogP contribution >= 0.6 is 22.9 Å². The highest BCUT2D eigenvalue weighted by Crippen LogP contribution is 2.34. The van der Waals surface area contributed by atoms with E-state index in [-0.39, 0.29) is 11.7 Å². The van der Waals surface area contributed by atoms with Crippen molar-refractivity contribution in [3.8, 4) is 0 Å². The summed E-state index contributed by atoms with van der Waals surface area (Å²) in [4.78, 5) is 45.6. The van der Waals surface area contributed by atoms with Gasteiger partial charge in [-0.2, -0.15) is 0 Å². The van der Waals surface area contributed by atoms with Gasteiger partial charge < -0.3 is 20.7 Å². The number of halogens is 1. The van der Waals surface area contributed by atoms with Gasteiger partial charge in [0.1, 0.15) is 11.4 Å². The van der Waals surface area contributed by atoms with Gasteiger partial charge in [-0.25, -0.2) is 14.8 Å². The van der Waals surface area contributed by atoms with Crippen LogP contribution in [0.4, 0.5) is 10.6 Å². The van der Waals surface area contributed by atoms with Crippen molar-refractivity contribution in [2.45, 2.75) is 63.6 Å². The van der Waals surface area contributed by atoms with Crippen LogP contribution in [0.15, 0.2) is 29.9 Å². The van der Waals surface area contributed by atoms with E-state index in [4.69, 9.17) is 16.3 Å². The molecule has 1 fully saturated rings. The van der Waals surface area contributed by atoms with Gasteiger partial charge in [-0.05, 0) is 52.2 Å². The van der Waals surface area contributed by atoms with Gasteiger partial charge in [-0.1, -0.05) is 11.6 Å². The predicted octanol–water partition coefficient (Wildman–Crippen LogP) is 3.48. The van der Waals surface area contributed by atoms with Crippen LogP contribution in [0, 0.1) is 0 Å². The maximum atomic E-state index is 12.5. The Kier molecular flexibility index (Phi) is 7.68. The number of aromatic nitrogens is 2. The van der Waals surface area contributed by atoms with Crippen molar-refractivity contribution in [1.29, 1.82) is 0 Å². The Morgan fingerprint density at radius 3 is 2.50 bits per heavy atom. The van der Waals surface area contributed by atoms with Gasteiger partial charge >= 0.3 is 17.9 Å². The predicted molar refractivity (Wildman–Crippen MR) is 122 cm³/mol. The molecule has 1 aliphatic rings. The Morgan fingerprint density at radius 2 is 1.88 bits per heavy atom. The van der Waals surface area contributed by atoms with E-state index in [0.29, 0.717) is 17.9 Å². The Morgan fingerprint density at radius 1 is 1.09 bits per heavy atom. The molecule has 3 rings (SSSR count). The van der Waals surface area contributed by atoms with E-state index in [1.54, 1.807) is 44.4 Å². The molecule has 0 radical (unpaired) electrons. The number of pyridine rings is 1. The second kappa shape index (κ2) is 10.3. The molecule has 11 heteroatoms. The molecule has 0 spiro atoms. The SMILES string of the molecule is CC(C)(C)OC(=O)NC1CC(c2nccs2)CCC1NC(=O)C(=O)Nc1ccc(Cl)cn1. The summed E-state index contributed by atoms with van der Waals surface area (Å²) in [5.41, 5.74) is -0.655. The minimum Gasteiger partial charge on any atom is -0.444 e. The summed E-state index contributed by atoms with van der Waals surface area (Å²) in [5, 5.41) is 11.3. The Labute approximate surface area is 195 Å². The first-order valence-electron chi connectivity index (χ1n) is 10.2. The van der Waals surface area contributed by atoms with E-state index >= 15 is 0 Å². The molecule has 1 aliphatic carbocycles. The van der Waals surface area contributed by atoms with E-state index in [0.717, 1.165) is 11.4 Å². The molecule has 0 bridgehead atoms. The molecular weight excluding hydrogens is 454 g/mol. The minimum atomic E-state index is -0.849. The number of nitrogens with one attached hydrogen (secondary N) is 3. The molecule has 9 nitrogen and oxygen atoms in total. The zero-order valence-corrected chi connectivity index (χ0v) is 19.6. The highest BCUT2D eigenvalue weighted by atomic mass is 35.5. The number of nitrogens with zero attached hydrogens (tertiary/aromatic N) is 2. The monoisotopic (exact) mass is 479 g/mol. The summed E-state index contributed by atoms with van der Waals surface area (Å²) in [6, 6.07) is 2.20. The largest absolute Gasteiger partial charge is 0.444 e. The van der Waals surface area contributed by atoms with Crippen LogP contribution in [0.2, 0.25) is 5.02 Å². The first kappa shape index (κ1) is 23.9. The standard InChI is InChI=1S/C21H26ClN5O4S/c1-21(2,3)31-20(30)26-15-10-12(19-23-8-9-32-19)4-6-14(15)25-17(28)18(29)27-16-7-5-13(22)11-24-16/h5,7-9,11-12,14-15H,4,6,10H2,1-3H3,(H,25,28)(H,26,30)(H,24,27,29). The number of amides is 3. The average Bonchev–Trinajstić information content (AvgIpc) is 3.24. The summed E-state index contributed by atoms with van der Waals surface area (Å²) in [5.74, 6) is -1.30. The highest BCUT2D eigenvalue weighted by Gasteiger charge is 2.36. The quantitative estimate of drug-likeness (QED) is 0.577. The smallest absolute Gasteiger partial charge is 0.407 e. The molecule has 2 aromatic heterocycles. The molecule has 3 atom stereocenters. The lowest BCUT2D eigenvalue weighted by molar-refractivity contribution is -0.136. The van der Waals surface area contributed by atoms with Crippen molar-refractivity contribution in [3.05, 3.63) is 39.9 Å². The second-order valence-electron chi connectivity index (χ2n) is 8.53. The van der Waals surface area contributed by atoms with Gasteiger partial charge in [0.15, 0.2) is 0 Å². The summed E-state index contributed by atoms with van der Waals surface area (Å²) in [6.07, 6.45) is 4.46. The van der Waals surface area contributed by atoms with Crippen molar-refractivity contribution >= 4 is 46.7 Å². The molecule has 0 saturated heterocycles. The van der Waals surface area contributed by atoms with Crippen LogP contribution in [0.1, 0.15) is 51.0 Å². The first-order valence-corrected chi connectivity index (χ1v) is 11.5. The van der Waals surface area contributed by atoms with Gasteiger partial charge in [-0.3, -0.25) is 9.59 Å². The molecule has 2 aromatic rings. The lowest BCUT2D eigenvalue weighted by Gasteiger charge is -2.36. The Bertz CT molecular complexity index is 946. The minimum absolute atomic E-state index is 0.148. The molecule has 0 aliphatic heterocycles. The lowest BCUT2D eigenvalue weighted by atomic mass is 9.82. The topological polar surface area (TPSA) is 122 Å². The fraction of sp³-hybridized carbons (Fsp3) is 0.476. The van der Waals surface area contributed by atoms with Gasteiger partial charge in [0, 0.05) is 29.7 Å². The maximum absolute atomic E-state index is 12.5. The van der Waals surface area contributed by atoms with Crippen molar-refractivity contribution in [3.63, 3.8) is 0 Å². The van der Waals surface area contributed by atoms with Crippen molar-refractivity contribution in [2.24, 2.45) is 0 Å². The fourth-order valence-electron chi connectivity index (χ4n) is 3.48. The maximum Gasteiger partial charge on any atom is 0.407 e. The molecule has 3 unspecified atom stereocenters. The lowest BCUT2D eigenvalue weighted by Crippen LogP contribution is -2.56. The van der Waals surface area contributed by atoms with Gasteiger partial charge in [-0.15, -0.1) is 11.3 Å². The average molecular weight is 480 g/mol. The van der Waals surface area contributed by atoms with Gasteiger partial charge in [0.25, 0.3) is 0 Å². The Hall–Kier alpha value is -2.72. The summed E-state index contributed by atoms with van der Waals surface area (Å²) < 4.78 is 5.38. The summed E-state index contributed by atoms with van der Waals surface area (Å²) in [6.45, 7) is 5.33. The summed E-state index contributed by atoms with van der Waals surface area (Å²) >= 11 is 7.34. The van der Waals surface area contributed by atoms with Crippen LogP contribution < -0.4 is 16.0 Å². The van der Waals surface area contributed by atoms with E-state index in [1.807, 2.05) is 5.38 Å². The third-order valence-electron chi connectivity index (χ3n) is 4.84. The normalized spacial score (nSPS) is 20.8. The molecule has 172 valence electrons. The zero-order chi connectivity index (χ0) is 23.3. The fourth-order valence-corrected chi connectivity index (χ4v) is 4.38. The van der Waals surface area contributed by atoms with Gasteiger partial charge in [0.05, 0.1) is 16.1 Å². The van der Waals surface area contributed by atoms with E-state index < -0.39 is 35.6 Å². The highest BCUT2D eigenvalue weighted by molar-refractivity contribution is 7.09. The number of rotatable bonds is 4. The van der Waals surface area contributed by atoms with Crippen molar-refractivity contribution in [2.75, 3.05) is 5.32 Å². The molecule has 32 heavy (non-hydrogen) atoms. The molecule has 2 heterocycles. The number of thiazole rings is 1. The third kappa shape index (κ3) is 6.89. The molecule has 0 aromatic carbocycles. The van der Waals surface area contributed by atoms with Crippen LogP contribution in [-0.2, 0) is 14.3 Å². The zero-order valence-electron chi connectivity index (χ0n) is 18.1. The van der Waals surface area contributed by atoms with E-state index in [9.17, 15) is 14.4 Å². The van der Waals surface area contributed by atoms with E-state index in [1.165, 1.54) is 12.3 Å². The summed E-state index contributed by atoms with van der Waals surface area (Å²) in [7, 11) is 0. The van der Waals surface area contributed by atoms with Gasteiger partial charge in [0.2, 0.25) is 0 Å².